The second-order valence-electron chi connectivity index (χ2n) is 5.79. The van der Waals surface area contributed by atoms with Crippen LogP contribution in [0.1, 0.15) is 60.8 Å². The molecule has 0 aliphatic carbocycles. The summed E-state index contributed by atoms with van der Waals surface area (Å²) in [5.74, 6) is 1.53. The molecular weight excluding hydrogens is 200 g/mol. The van der Waals surface area contributed by atoms with Gasteiger partial charge in [0.15, 0.2) is 0 Å². The minimum atomic E-state index is 0.407. The molecule has 0 aromatic rings. The van der Waals surface area contributed by atoms with Crippen LogP contribution in [0.2, 0.25) is 0 Å². The van der Waals surface area contributed by atoms with E-state index in [1.54, 1.807) is 0 Å². The van der Waals surface area contributed by atoms with Crippen molar-refractivity contribution in [3.8, 4) is 0 Å². The third-order valence-corrected chi connectivity index (χ3v) is 4.26. The SMILES string of the molecule is CCC(CC(C)C)(CC(C)C)C(C)O[SiH3]. The zero-order valence-electron chi connectivity index (χ0n) is 11.8. The van der Waals surface area contributed by atoms with Gasteiger partial charge in [0.1, 0.15) is 10.5 Å². The van der Waals surface area contributed by atoms with E-state index in [9.17, 15) is 0 Å². The summed E-state index contributed by atoms with van der Waals surface area (Å²) < 4.78 is 5.75. The molecule has 0 bridgehead atoms. The van der Waals surface area contributed by atoms with Crippen LogP contribution < -0.4 is 0 Å². The fourth-order valence-corrected chi connectivity index (χ4v) is 3.37. The molecular formula is C13H30OSi. The molecule has 0 saturated carbocycles. The molecule has 0 radical (unpaired) electrons. The summed E-state index contributed by atoms with van der Waals surface area (Å²) in [7, 11) is 0.859. The summed E-state index contributed by atoms with van der Waals surface area (Å²) in [4.78, 5) is 0. The highest BCUT2D eigenvalue weighted by molar-refractivity contribution is 5.98. The van der Waals surface area contributed by atoms with Crippen LogP contribution in [0.25, 0.3) is 0 Å². The van der Waals surface area contributed by atoms with Crippen molar-refractivity contribution in [2.75, 3.05) is 0 Å². The van der Waals surface area contributed by atoms with Gasteiger partial charge in [-0.05, 0) is 43.4 Å². The normalized spacial score (nSPS) is 15.2. The Kier molecular flexibility index (Phi) is 6.77. The summed E-state index contributed by atoms with van der Waals surface area (Å²) in [6.07, 6.45) is 4.27. The smallest absolute Gasteiger partial charge is 0.146 e. The van der Waals surface area contributed by atoms with Gasteiger partial charge in [-0.3, -0.25) is 0 Å². The van der Waals surface area contributed by atoms with Gasteiger partial charge in [-0.25, -0.2) is 0 Å². The molecule has 0 heterocycles. The Morgan fingerprint density at radius 3 is 1.60 bits per heavy atom. The first-order valence-electron chi connectivity index (χ1n) is 6.40. The van der Waals surface area contributed by atoms with Crippen LogP contribution in [0, 0.1) is 17.3 Å². The second kappa shape index (κ2) is 6.69. The maximum absolute atomic E-state index is 5.75. The average molecular weight is 230 g/mol. The monoisotopic (exact) mass is 230 g/mol. The molecule has 0 aliphatic heterocycles. The van der Waals surface area contributed by atoms with Gasteiger partial charge in [0.25, 0.3) is 0 Å². The molecule has 0 spiro atoms. The predicted molar refractivity (Wildman–Crippen MR) is 72.1 cm³/mol. The molecule has 2 heteroatoms. The zero-order chi connectivity index (χ0) is 12.1. The van der Waals surface area contributed by atoms with Crippen molar-refractivity contribution >= 4 is 10.5 Å². The number of hydrogen-bond donors (Lipinski definition) is 0. The van der Waals surface area contributed by atoms with Crippen LogP contribution in [-0.2, 0) is 4.43 Å². The minimum absolute atomic E-state index is 0.407. The summed E-state index contributed by atoms with van der Waals surface area (Å²) >= 11 is 0. The van der Waals surface area contributed by atoms with Gasteiger partial charge in [0.2, 0.25) is 0 Å². The Balaban J connectivity index is 4.74. The van der Waals surface area contributed by atoms with Crippen LogP contribution in [-0.4, -0.2) is 16.6 Å². The van der Waals surface area contributed by atoms with Crippen molar-refractivity contribution in [2.24, 2.45) is 17.3 Å². The molecule has 0 amide bonds. The highest BCUT2D eigenvalue weighted by Gasteiger charge is 2.35. The van der Waals surface area contributed by atoms with Crippen molar-refractivity contribution in [1.82, 2.24) is 0 Å². The first-order chi connectivity index (χ1) is 6.88. The first kappa shape index (κ1) is 15.2. The van der Waals surface area contributed by atoms with Crippen LogP contribution in [0.3, 0.4) is 0 Å². The molecule has 0 rings (SSSR count). The van der Waals surface area contributed by atoms with E-state index in [0.717, 1.165) is 22.3 Å². The van der Waals surface area contributed by atoms with Crippen molar-refractivity contribution in [3.05, 3.63) is 0 Å². The largest absolute Gasteiger partial charge is 0.425 e. The summed E-state index contributed by atoms with van der Waals surface area (Å²) in [6, 6.07) is 0. The molecule has 0 saturated heterocycles. The standard InChI is InChI=1S/C13H30OSi/c1-7-13(8-10(2)3,9-11(4)5)12(6)14-15/h10-12H,7-9H2,1-6,15H3. The highest BCUT2D eigenvalue weighted by atomic mass is 28.2. The third kappa shape index (κ3) is 4.69. The van der Waals surface area contributed by atoms with E-state index in [4.69, 9.17) is 4.43 Å². The van der Waals surface area contributed by atoms with E-state index in [-0.39, 0.29) is 0 Å². The van der Waals surface area contributed by atoms with Gasteiger partial charge in [-0.1, -0.05) is 34.6 Å². The quantitative estimate of drug-likeness (QED) is 0.611. The molecule has 92 valence electrons. The lowest BCUT2D eigenvalue weighted by molar-refractivity contribution is 0.0248. The average Bonchev–Trinajstić information content (AvgIpc) is 2.13. The summed E-state index contributed by atoms with van der Waals surface area (Å²) in [5, 5.41) is 0. The van der Waals surface area contributed by atoms with Crippen LogP contribution >= 0.6 is 0 Å². The maximum atomic E-state index is 5.75. The summed E-state index contributed by atoms with van der Waals surface area (Å²) in [6.45, 7) is 13.9. The van der Waals surface area contributed by atoms with Crippen LogP contribution in [0.4, 0.5) is 0 Å². The maximum Gasteiger partial charge on any atom is 0.146 e. The van der Waals surface area contributed by atoms with Crippen LogP contribution in [0.5, 0.6) is 0 Å². The third-order valence-electron chi connectivity index (χ3n) is 3.55. The van der Waals surface area contributed by atoms with Crippen LogP contribution in [0.15, 0.2) is 0 Å². The lowest BCUT2D eigenvalue weighted by Gasteiger charge is -2.41. The van der Waals surface area contributed by atoms with Gasteiger partial charge in [0.05, 0.1) is 0 Å². The van der Waals surface area contributed by atoms with E-state index in [2.05, 4.69) is 41.5 Å². The topological polar surface area (TPSA) is 9.23 Å². The molecule has 0 aromatic heterocycles. The molecule has 0 aliphatic rings. The first-order valence-corrected chi connectivity index (χ1v) is 7.22. The molecule has 1 atom stereocenters. The Morgan fingerprint density at radius 2 is 1.40 bits per heavy atom. The molecule has 0 fully saturated rings. The van der Waals surface area contributed by atoms with Crippen molar-refractivity contribution in [2.45, 2.75) is 66.9 Å². The Labute approximate surface area is 99.5 Å². The molecule has 1 unspecified atom stereocenters. The highest BCUT2D eigenvalue weighted by Crippen LogP contribution is 2.41. The van der Waals surface area contributed by atoms with E-state index in [1.165, 1.54) is 19.3 Å². The molecule has 15 heavy (non-hydrogen) atoms. The van der Waals surface area contributed by atoms with E-state index >= 15 is 0 Å². The minimum Gasteiger partial charge on any atom is -0.425 e. The lowest BCUT2D eigenvalue weighted by Crippen LogP contribution is -2.37. The van der Waals surface area contributed by atoms with E-state index in [1.807, 2.05) is 0 Å². The van der Waals surface area contributed by atoms with Gasteiger partial charge in [0, 0.05) is 6.10 Å². The fourth-order valence-electron chi connectivity index (χ4n) is 2.87. The summed E-state index contributed by atoms with van der Waals surface area (Å²) in [5.41, 5.74) is 0.407. The van der Waals surface area contributed by atoms with Crippen molar-refractivity contribution in [3.63, 3.8) is 0 Å². The Hall–Kier alpha value is 0.177. The molecule has 0 N–H and O–H groups in total. The Bertz CT molecular complexity index is 156. The molecule has 0 aromatic carbocycles. The lowest BCUT2D eigenvalue weighted by atomic mass is 9.69. The van der Waals surface area contributed by atoms with E-state index in [0.29, 0.717) is 11.5 Å². The molecule has 1 nitrogen and oxygen atoms in total. The zero-order valence-corrected chi connectivity index (χ0v) is 13.8. The van der Waals surface area contributed by atoms with Crippen molar-refractivity contribution < 1.29 is 4.43 Å². The number of hydrogen-bond acceptors (Lipinski definition) is 1. The van der Waals surface area contributed by atoms with Gasteiger partial charge in [-0.15, -0.1) is 0 Å². The van der Waals surface area contributed by atoms with Crippen molar-refractivity contribution in [1.29, 1.82) is 0 Å². The van der Waals surface area contributed by atoms with E-state index < -0.39 is 0 Å². The van der Waals surface area contributed by atoms with Gasteiger partial charge >= 0.3 is 0 Å². The van der Waals surface area contributed by atoms with Gasteiger partial charge < -0.3 is 4.43 Å². The number of rotatable bonds is 7. The fraction of sp³-hybridized carbons (Fsp3) is 1.00. The Morgan fingerprint density at radius 1 is 1.00 bits per heavy atom. The van der Waals surface area contributed by atoms with Gasteiger partial charge in [-0.2, -0.15) is 0 Å². The predicted octanol–water partition coefficient (Wildman–Crippen LogP) is 3.16. The second-order valence-corrected chi connectivity index (χ2v) is 6.26.